The molecule has 0 unspecified atom stereocenters. The van der Waals surface area contributed by atoms with Crippen molar-refractivity contribution >= 4 is 12.2 Å². The fraction of sp³-hybridized carbons (Fsp3) is 0.143. The van der Waals surface area contributed by atoms with Crippen molar-refractivity contribution < 1.29 is 23.1 Å². The molecule has 1 aromatic carbocycles. The lowest BCUT2D eigenvalue weighted by molar-refractivity contribution is -0.137. The van der Waals surface area contributed by atoms with Crippen LogP contribution in [0.15, 0.2) is 36.8 Å². The van der Waals surface area contributed by atoms with Gasteiger partial charge in [-0.2, -0.15) is 13.2 Å². The first kappa shape index (κ1) is 14.8. The Balaban J connectivity index is 2.39. The van der Waals surface area contributed by atoms with E-state index in [0.29, 0.717) is 16.8 Å². The summed E-state index contributed by atoms with van der Waals surface area (Å²) in [6, 6.07) is 3.66. The number of imidazole rings is 1. The summed E-state index contributed by atoms with van der Waals surface area (Å²) >= 11 is 0. The first-order valence-electron chi connectivity index (χ1n) is 5.89. The van der Waals surface area contributed by atoms with Crippen LogP contribution in [0, 0.1) is 6.92 Å². The Labute approximate surface area is 118 Å². The van der Waals surface area contributed by atoms with Crippen molar-refractivity contribution in [2.75, 3.05) is 0 Å². The molecule has 0 aliphatic rings. The van der Waals surface area contributed by atoms with Gasteiger partial charge in [-0.1, -0.05) is 0 Å². The lowest BCUT2D eigenvalue weighted by atomic mass is 10.0. The highest BCUT2D eigenvalue weighted by Crippen LogP contribution is 2.32. The van der Waals surface area contributed by atoms with Gasteiger partial charge in [-0.25, -0.2) is 9.78 Å². The number of hydrogen-bond donors (Lipinski definition) is 1. The van der Waals surface area contributed by atoms with E-state index in [1.165, 1.54) is 23.3 Å². The molecule has 0 fully saturated rings. The Morgan fingerprint density at radius 1 is 1.33 bits per heavy atom. The van der Waals surface area contributed by atoms with Crippen molar-refractivity contribution in [3.63, 3.8) is 0 Å². The van der Waals surface area contributed by atoms with Crippen LogP contribution in [0.3, 0.4) is 0 Å². The number of nitrogens with zero attached hydrogens (tertiary/aromatic N) is 2. The number of carbonyl (C=O) groups is 1. The lowest BCUT2D eigenvalue weighted by Gasteiger charge is -2.09. The summed E-state index contributed by atoms with van der Waals surface area (Å²) in [4.78, 5) is 14.4. The topological polar surface area (TPSA) is 55.1 Å². The molecule has 4 nitrogen and oxygen atoms in total. The minimum atomic E-state index is -4.42. The maximum Gasteiger partial charge on any atom is 0.416 e. The van der Waals surface area contributed by atoms with Gasteiger partial charge in [0.1, 0.15) is 0 Å². The van der Waals surface area contributed by atoms with E-state index < -0.39 is 17.7 Å². The molecule has 0 radical (unpaired) electrons. The average Bonchev–Trinajstić information content (AvgIpc) is 2.83. The average molecular weight is 296 g/mol. The summed E-state index contributed by atoms with van der Waals surface area (Å²) in [6.07, 6.45) is 0.507. The van der Waals surface area contributed by atoms with Gasteiger partial charge in [-0.15, -0.1) is 0 Å². The molecule has 0 saturated heterocycles. The molecule has 0 atom stereocenters. The Kier molecular flexibility index (Phi) is 3.84. The van der Waals surface area contributed by atoms with E-state index in [9.17, 15) is 18.0 Å². The van der Waals surface area contributed by atoms with E-state index >= 15 is 0 Å². The Morgan fingerprint density at radius 3 is 2.67 bits per heavy atom. The Bertz CT molecular complexity index is 702. The van der Waals surface area contributed by atoms with Crippen LogP contribution in [0.2, 0.25) is 0 Å². The van der Waals surface area contributed by atoms with E-state index in [-0.39, 0.29) is 0 Å². The molecule has 1 aromatic heterocycles. The second-order valence-electron chi connectivity index (χ2n) is 4.45. The largest absolute Gasteiger partial charge is 0.478 e. The number of carboxylic acid groups (broad SMARTS) is 1. The van der Waals surface area contributed by atoms with Crippen LogP contribution in [0.5, 0.6) is 0 Å². The van der Waals surface area contributed by atoms with Crippen molar-refractivity contribution in [2.45, 2.75) is 13.1 Å². The summed E-state index contributed by atoms with van der Waals surface area (Å²) in [5.74, 6) is -1.12. The molecular formula is C14H11F3N2O2. The fourth-order valence-corrected chi connectivity index (χ4v) is 1.81. The molecule has 1 N–H and O–H groups in total. The molecular weight excluding hydrogens is 285 g/mol. The molecule has 7 heteroatoms. The van der Waals surface area contributed by atoms with Crippen molar-refractivity contribution in [1.82, 2.24) is 9.55 Å². The van der Waals surface area contributed by atoms with Crippen LogP contribution in [0.4, 0.5) is 13.2 Å². The number of aromatic nitrogens is 2. The van der Waals surface area contributed by atoms with E-state index in [2.05, 4.69) is 4.98 Å². The van der Waals surface area contributed by atoms with Crippen LogP contribution in [-0.4, -0.2) is 20.6 Å². The summed E-state index contributed by atoms with van der Waals surface area (Å²) < 4.78 is 39.7. The molecule has 0 amide bonds. The van der Waals surface area contributed by atoms with Crippen molar-refractivity contribution in [2.24, 2.45) is 0 Å². The number of rotatable bonds is 3. The Morgan fingerprint density at radius 2 is 2.05 bits per heavy atom. The highest BCUT2D eigenvalue weighted by Gasteiger charge is 2.31. The molecule has 0 aliphatic heterocycles. The lowest BCUT2D eigenvalue weighted by Crippen LogP contribution is -2.05. The number of benzene rings is 1. The third kappa shape index (κ3) is 3.71. The third-order valence-electron chi connectivity index (χ3n) is 2.69. The van der Waals surface area contributed by atoms with E-state index in [0.717, 1.165) is 18.2 Å². The molecule has 0 aliphatic carbocycles. The third-order valence-corrected chi connectivity index (χ3v) is 2.69. The van der Waals surface area contributed by atoms with Crippen molar-refractivity contribution in [3.05, 3.63) is 47.9 Å². The van der Waals surface area contributed by atoms with Crippen LogP contribution in [0.25, 0.3) is 17.5 Å². The van der Waals surface area contributed by atoms with Gasteiger partial charge < -0.3 is 9.67 Å². The molecule has 0 spiro atoms. The fourth-order valence-electron chi connectivity index (χ4n) is 1.81. The van der Waals surface area contributed by atoms with Gasteiger partial charge in [0.25, 0.3) is 0 Å². The smallest absolute Gasteiger partial charge is 0.416 e. The number of aliphatic carboxylic acids is 1. The van der Waals surface area contributed by atoms with Gasteiger partial charge >= 0.3 is 12.1 Å². The minimum Gasteiger partial charge on any atom is -0.478 e. The molecule has 0 saturated carbocycles. The normalized spacial score (nSPS) is 12.0. The van der Waals surface area contributed by atoms with Crippen LogP contribution in [0.1, 0.15) is 11.1 Å². The van der Waals surface area contributed by atoms with Gasteiger partial charge in [0.2, 0.25) is 0 Å². The number of hydrogen-bond acceptors (Lipinski definition) is 2. The van der Waals surface area contributed by atoms with Gasteiger partial charge in [0.05, 0.1) is 17.6 Å². The number of carboxylic acids is 1. The van der Waals surface area contributed by atoms with Gasteiger partial charge in [-0.3, -0.25) is 0 Å². The first-order valence-corrected chi connectivity index (χ1v) is 5.89. The van der Waals surface area contributed by atoms with Gasteiger partial charge in [0, 0.05) is 24.0 Å². The number of alkyl halides is 3. The monoisotopic (exact) mass is 296 g/mol. The molecule has 0 bridgehead atoms. The predicted octanol–water partition coefficient (Wildman–Crippen LogP) is 3.43. The van der Waals surface area contributed by atoms with Crippen LogP contribution < -0.4 is 0 Å². The van der Waals surface area contributed by atoms with E-state index in [1.54, 1.807) is 13.0 Å². The van der Waals surface area contributed by atoms with E-state index in [1.807, 2.05) is 0 Å². The summed E-state index contributed by atoms with van der Waals surface area (Å²) in [5, 5.41) is 8.52. The van der Waals surface area contributed by atoms with Crippen LogP contribution in [-0.2, 0) is 11.0 Å². The summed E-state index contributed by atoms with van der Waals surface area (Å²) in [6.45, 7) is 1.57. The summed E-state index contributed by atoms with van der Waals surface area (Å²) in [7, 11) is 0. The standard InChI is InChI=1S/C14H11F3N2O2/c1-9-4-10(6-11(5-9)14(15,16)17)12-7-19(8-18-12)3-2-13(20)21/h2-8H,1H3,(H,20,21)/b3-2-. The Hall–Kier alpha value is -2.57. The predicted molar refractivity (Wildman–Crippen MR) is 70.4 cm³/mol. The van der Waals surface area contributed by atoms with E-state index in [4.69, 9.17) is 5.11 Å². The quantitative estimate of drug-likeness (QED) is 0.883. The first-order chi connectivity index (χ1) is 9.75. The zero-order valence-electron chi connectivity index (χ0n) is 10.9. The molecule has 1 heterocycles. The van der Waals surface area contributed by atoms with Gasteiger partial charge in [0.15, 0.2) is 0 Å². The molecule has 21 heavy (non-hydrogen) atoms. The van der Waals surface area contributed by atoms with Crippen molar-refractivity contribution in [3.8, 4) is 11.3 Å². The highest BCUT2D eigenvalue weighted by atomic mass is 19.4. The second-order valence-corrected chi connectivity index (χ2v) is 4.45. The SMILES string of the molecule is Cc1cc(-c2cn(/C=C\C(=O)O)cn2)cc(C(F)(F)F)c1. The summed E-state index contributed by atoms with van der Waals surface area (Å²) in [5.41, 5.74) is 0.382. The molecule has 2 rings (SSSR count). The maximum absolute atomic E-state index is 12.8. The number of aryl methyl sites for hydroxylation is 1. The zero-order valence-corrected chi connectivity index (χ0v) is 10.9. The van der Waals surface area contributed by atoms with Gasteiger partial charge in [-0.05, 0) is 30.7 Å². The maximum atomic E-state index is 12.8. The van der Waals surface area contributed by atoms with Crippen molar-refractivity contribution in [1.29, 1.82) is 0 Å². The molecule has 2 aromatic rings. The highest BCUT2D eigenvalue weighted by molar-refractivity contribution is 5.83. The molecule has 110 valence electrons. The zero-order chi connectivity index (χ0) is 15.6. The minimum absolute atomic E-state index is 0.324. The second kappa shape index (κ2) is 5.43. The number of halogens is 3. The van der Waals surface area contributed by atoms with Crippen LogP contribution >= 0.6 is 0 Å².